The molecule has 0 aliphatic carbocycles. The van der Waals surface area contributed by atoms with Gasteiger partial charge >= 0.3 is 0 Å². The van der Waals surface area contributed by atoms with Crippen molar-refractivity contribution in [2.75, 3.05) is 13.2 Å². The van der Waals surface area contributed by atoms with Gasteiger partial charge in [0.25, 0.3) is 5.91 Å². The third-order valence-corrected chi connectivity index (χ3v) is 2.47. The van der Waals surface area contributed by atoms with Crippen molar-refractivity contribution in [2.45, 2.75) is 20.3 Å². The zero-order valence-corrected chi connectivity index (χ0v) is 10.9. The Morgan fingerprint density at radius 3 is 2.56 bits per heavy atom. The zero-order valence-electron chi connectivity index (χ0n) is 10.9. The Morgan fingerprint density at radius 2 is 2.00 bits per heavy atom. The molecule has 96 valence electrons. The van der Waals surface area contributed by atoms with E-state index in [1.807, 2.05) is 0 Å². The van der Waals surface area contributed by atoms with Gasteiger partial charge in [-0.15, -0.1) is 0 Å². The topological polar surface area (TPSA) is 49.3 Å². The second-order valence-corrected chi connectivity index (χ2v) is 4.48. The van der Waals surface area contributed by atoms with Crippen LogP contribution in [-0.4, -0.2) is 24.2 Å². The summed E-state index contributed by atoms with van der Waals surface area (Å²) in [6.07, 6.45) is 0.978. The lowest BCUT2D eigenvalue weighted by atomic mass is 10.1. The van der Waals surface area contributed by atoms with Crippen molar-refractivity contribution < 1.29 is 9.90 Å². The van der Waals surface area contributed by atoms with Crippen molar-refractivity contribution in [1.82, 2.24) is 5.32 Å². The molecule has 0 radical (unpaired) electrons. The van der Waals surface area contributed by atoms with Gasteiger partial charge in [0.2, 0.25) is 0 Å². The molecule has 2 N–H and O–H groups in total. The molecule has 3 nitrogen and oxygen atoms in total. The Kier molecular flexibility index (Phi) is 5.96. The summed E-state index contributed by atoms with van der Waals surface area (Å²) in [5.74, 6) is 5.88. The standard InChI is InChI=1S/C15H19NO2/c1-12(2)9-10-16-15(18)14-7-5-13(6-8-14)4-3-11-17/h5-8,12,17H,9-11H2,1-2H3,(H,16,18). The van der Waals surface area contributed by atoms with Gasteiger partial charge in [0.1, 0.15) is 6.61 Å². The highest BCUT2D eigenvalue weighted by Gasteiger charge is 2.04. The van der Waals surface area contributed by atoms with E-state index in [4.69, 9.17) is 5.11 Å². The van der Waals surface area contributed by atoms with Crippen LogP contribution in [0.4, 0.5) is 0 Å². The molecule has 0 saturated carbocycles. The highest BCUT2D eigenvalue weighted by molar-refractivity contribution is 5.94. The van der Waals surface area contributed by atoms with Crippen LogP contribution in [0.2, 0.25) is 0 Å². The van der Waals surface area contributed by atoms with E-state index >= 15 is 0 Å². The fraction of sp³-hybridized carbons (Fsp3) is 0.400. The number of hydrogen-bond donors (Lipinski definition) is 2. The van der Waals surface area contributed by atoms with Crippen molar-refractivity contribution in [3.63, 3.8) is 0 Å². The van der Waals surface area contributed by atoms with E-state index < -0.39 is 0 Å². The smallest absolute Gasteiger partial charge is 0.251 e. The molecule has 0 unspecified atom stereocenters. The van der Waals surface area contributed by atoms with Crippen LogP contribution in [0.25, 0.3) is 0 Å². The second-order valence-electron chi connectivity index (χ2n) is 4.48. The molecule has 0 aliphatic heterocycles. The predicted octanol–water partition coefficient (Wildman–Crippen LogP) is 1.81. The zero-order chi connectivity index (χ0) is 13.4. The fourth-order valence-electron chi connectivity index (χ4n) is 1.42. The lowest BCUT2D eigenvalue weighted by Gasteiger charge is -2.07. The maximum atomic E-state index is 11.8. The van der Waals surface area contributed by atoms with Gasteiger partial charge in [0.05, 0.1) is 0 Å². The minimum Gasteiger partial charge on any atom is -0.384 e. The van der Waals surface area contributed by atoms with Crippen molar-refractivity contribution >= 4 is 5.91 Å². The molecule has 0 aromatic heterocycles. The first-order chi connectivity index (χ1) is 8.63. The van der Waals surface area contributed by atoms with E-state index in [9.17, 15) is 4.79 Å². The van der Waals surface area contributed by atoms with Crippen LogP contribution in [0.3, 0.4) is 0 Å². The molecule has 0 fully saturated rings. The molecule has 18 heavy (non-hydrogen) atoms. The lowest BCUT2D eigenvalue weighted by Crippen LogP contribution is -2.25. The molecule has 0 saturated heterocycles. The summed E-state index contributed by atoms with van der Waals surface area (Å²) in [4.78, 5) is 11.8. The lowest BCUT2D eigenvalue weighted by molar-refractivity contribution is 0.0952. The van der Waals surface area contributed by atoms with Gasteiger partial charge in [-0.2, -0.15) is 0 Å². The number of nitrogens with one attached hydrogen (secondary N) is 1. The second kappa shape index (κ2) is 7.52. The quantitative estimate of drug-likeness (QED) is 0.795. The number of aliphatic hydroxyl groups is 1. The molecule has 1 amide bonds. The first kappa shape index (κ1) is 14.3. The van der Waals surface area contributed by atoms with E-state index in [1.54, 1.807) is 24.3 Å². The first-order valence-corrected chi connectivity index (χ1v) is 6.11. The summed E-state index contributed by atoms with van der Waals surface area (Å²) in [6.45, 7) is 4.79. The molecular weight excluding hydrogens is 226 g/mol. The SMILES string of the molecule is CC(C)CCNC(=O)c1ccc(C#CCO)cc1. The number of carbonyl (C=O) groups is 1. The molecule has 1 aromatic rings. The number of benzene rings is 1. The van der Waals surface area contributed by atoms with E-state index in [2.05, 4.69) is 31.0 Å². The summed E-state index contributed by atoms with van der Waals surface area (Å²) in [6, 6.07) is 7.04. The molecule has 0 atom stereocenters. The highest BCUT2D eigenvalue weighted by atomic mass is 16.2. The van der Waals surface area contributed by atoms with Crippen LogP contribution in [0.15, 0.2) is 24.3 Å². The van der Waals surface area contributed by atoms with Crippen molar-refractivity contribution in [3.05, 3.63) is 35.4 Å². The van der Waals surface area contributed by atoms with E-state index in [0.717, 1.165) is 12.0 Å². The van der Waals surface area contributed by atoms with Gasteiger partial charge in [0.15, 0.2) is 0 Å². The third-order valence-electron chi connectivity index (χ3n) is 2.47. The summed E-state index contributed by atoms with van der Waals surface area (Å²) >= 11 is 0. The molecule has 1 aromatic carbocycles. The Morgan fingerprint density at radius 1 is 1.33 bits per heavy atom. The molecule has 0 aliphatic rings. The van der Waals surface area contributed by atoms with Gasteiger partial charge in [-0.3, -0.25) is 4.79 Å². The van der Waals surface area contributed by atoms with Gasteiger partial charge in [0, 0.05) is 17.7 Å². The maximum Gasteiger partial charge on any atom is 0.251 e. The average molecular weight is 245 g/mol. The van der Waals surface area contributed by atoms with Gasteiger partial charge in [-0.25, -0.2) is 0 Å². The molecule has 3 heteroatoms. The van der Waals surface area contributed by atoms with Crippen LogP contribution >= 0.6 is 0 Å². The number of aliphatic hydroxyl groups excluding tert-OH is 1. The fourth-order valence-corrected chi connectivity index (χ4v) is 1.42. The van der Waals surface area contributed by atoms with E-state index in [-0.39, 0.29) is 12.5 Å². The number of carbonyl (C=O) groups excluding carboxylic acids is 1. The minimum atomic E-state index is -0.155. The Labute approximate surface area is 108 Å². The third kappa shape index (κ3) is 5.03. The van der Waals surface area contributed by atoms with E-state index in [1.165, 1.54) is 0 Å². The van der Waals surface area contributed by atoms with Crippen molar-refractivity contribution in [3.8, 4) is 11.8 Å². The Hall–Kier alpha value is -1.79. The van der Waals surface area contributed by atoms with Crippen molar-refractivity contribution in [2.24, 2.45) is 5.92 Å². The average Bonchev–Trinajstić information content (AvgIpc) is 2.36. The molecular formula is C15H19NO2. The molecule has 0 bridgehead atoms. The maximum absolute atomic E-state index is 11.8. The first-order valence-electron chi connectivity index (χ1n) is 6.11. The number of hydrogen-bond acceptors (Lipinski definition) is 2. The van der Waals surface area contributed by atoms with E-state index in [0.29, 0.717) is 18.0 Å². The summed E-state index contributed by atoms with van der Waals surface area (Å²) in [7, 11) is 0. The van der Waals surface area contributed by atoms with Crippen LogP contribution < -0.4 is 5.32 Å². The molecule has 0 spiro atoms. The van der Waals surface area contributed by atoms with Crippen LogP contribution in [0.5, 0.6) is 0 Å². The Balaban J connectivity index is 2.54. The number of amides is 1. The normalized spacial score (nSPS) is 9.78. The molecule has 0 heterocycles. The van der Waals surface area contributed by atoms with Crippen LogP contribution in [-0.2, 0) is 0 Å². The Bertz CT molecular complexity index is 438. The summed E-state index contributed by atoms with van der Waals surface area (Å²) in [5.41, 5.74) is 1.43. The van der Waals surface area contributed by atoms with Gasteiger partial charge < -0.3 is 10.4 Å². The van der Waals surface area contributed by atoms with Gasteiger partial charge in [-0.05, 0) is 36.6 Å². The minimum absolute atomic E-state index is 0.0580. The monoisotopic (exact) mass is 245 g/mol. The largest absolute Gasteiger partial charge is 0.384 e. The number of rotatable bonds is 4. The predicted molar refractivity (Wildman–Crippen MR) is 72.2 cm³/mol. The summed E-state index contributed by atoms with van der Waals surface area (Å²) < 4.78 is 0. The van der Waals surface area contributed by atoms with Crippen LogP contribution in [0.1, 0.15) is 36.2 Å². The molecule has 1 rings (SSSR count). The van der Waals surface area contributed by atoms with Crippen molar-refractivity contribution in [1.29, 1.82) is 0 Å². The highest BCUT2D eigenvalue weighted by Crippen LogP contribution is 2.04. The van der Waals surface area contributed by atoms with Crippen LogP contribution in [0, 0.1) is 17.8 Å². The summed E-state index contributed by atoms with van der Waals surface area (Å²) in [5, 5.41) is 11.5. The van der Waals surface area contributed by atoms with Gasteiger partial charge in [-0.1, -0.05) is 25.7 Å².